The van der Waals surface area contributed by atoms with Gasteiger partial charge in [-0.15, -0.1) is 0 Å². The lowest BCUT2D eigenvalue weighted by atomic mass is 10.1. The first kappa shape index (κ1) is 19.9. The average molecular weight is 408 g/mol. The molecule has 0 radical (unpaired) electrons. The van der Waals surface area contributed by atoms with E-state index in [-0.39, 0.29) is 22.2 Å². The summed E-state index contributed by atoms with van der Waals surface area (Å²) in [5.41, 5.74) is 6.03. The van der Waals surface area contributed by atoms with Crippen molar-refractivity contribution in [3.05, 3.63) is 46.3 Å². The summed E-state index contributed by atoms with van der Waals surface area (Å²) < 4.78 is 31.8. The van der Waals surface area contributed by atoms with Crippen molar-refractivity contribution < 1.29 is 18.1 Å². The molecule has 1 saturated heterocycles. The van der Waals surface area contributed by atoms with Crippen LogP contribution in [0.4, 0.5) is 17.3 Å². The monoisotopic (exact) mass is 408 g/mol. The summed E-state index contributed by atoms with van der Waals surface area (Å²) >= 11 is 0. The van der Waals surface area contributed by atoms with E-state index in [0.717, 1.165) is 11.9 Å². The Morgan fingerprint density at radius 2 is 1.89 bits per heavy atom. The molecule has 150 valence electrons. The maximum absolute atomic E-state index is 12.6. The van der Waals surface area contributed by atoms with Crippen molar-refractivity contribution >= 4 is 27.3 Å². The number of morpholine rings is 1. The first-order valence-corrected chi connectivity index (χ1v) is 9.99. The number of nitrogens with one attached hydrogen (secondary N) is 1. The van der Waals surface area contributed by atoms with Crippen molar-refractivity contribution in [3.63, 3.8) is 0 Å². The molecule has 1 fully saturated rings. The van der Waals surface area contributed by atoms with E-state index in [1.165, 1.54) is 4.31 Å². The van der Waals surface area contributed by atoms with Crippen molar-refractivity contribution in [1.29, 1.82) is 0 Å². The molecule has 3 rings (SSSR count). The smallest absolute Gasteiger partial charge is 0.352 e. The number of rotatable bonds is 7. The van der Waals surface area contributed by atoms with Gasteiger partial charge in [0.2, 0.25) is 21.7 Å². The van der Waals surface area contributed by atoms with Crippen molar-refractivity contribution in [2.45, 2.75) is 11.3 Å². The zero-order valence-corrected chi connectivity index (χ0v) is 15.8. The zero-order valence-electron chi connectivity index (χ0n) is 14.9. The number of hydrogen-bond acceptors (Lipinski definition) is 9. The fourth-order valence-corrected chi connectivity index (χ4v) is 4.20. The van der Waals surface area contributed by atoms with Crippen LogP contribution >= 0.6 is 0 Å². The first-order valence-electron chi connectivity index (χ1n) is 8.55. The molecule has 2 heterocycles. The molecule has 3 N–H and O–H groups in total. The highest BCUT2D eigenvalue weighted by atomic mass is 32.2. The minimum atomic E-state index is -3.53. The zero-order chi connectivity index (χ0) is 20.1. The molecule has 0 saturated carbocycles. The van der Waals surface area contributed by atoms with Crippen LogP contribution < -0.4 is 11.1 Å². The molecule has 28 heavy (non-hydrogen) atoms. The second-order valence-corrected chi connectivity index (χ2v) is 7.99. The molecule has 1 aromatic heterocycles. The summed E-state index contributed by atoms with van der Waals surface area (Å²) in [6.45, 7) is 1.82. The number of anilines is 2. The Bertz CT molecular complexity index is 944. The quantitative estimate of drug-likeness (QED) is 0.496. The highest BCUT2D eigenvalue weighted by Crippen LogP contribution is 2.26. The Morgan fingerprint density at radius 3 is 2.54 bits per heavy atom. The summed E-state index contributed by atoms with van der Waals surface area (Å²) in [5.74, 6) is -0.163. The van der Waals surface area contributed by atoms with E-state index < -0.39 is 14.9 Å². The van der Waals surface area contributed by atoms with Crippen LogP contribution in [-0.4, -0.2) is 60.5 Å². The molecular formula is C16H20N6O5S. The lowest BCUT2D eigenvalue weighted by Crippen LogP contribution is -2.40. The van der Waals surface area contributed by atoms with Crippen LogP contribution in [-0.2, 0) is 21.2 Å². The van der Waals surface area contributed by atoms with Crippen LogP contribution in [0.25, 0.3) is 0 Å². The number of hydrogen-bond donors (Lipinski definition) is 2. The fraction of sp³-hybridized carbons (Fsp3) is 0.375. The molecule has 0 bridgehead atoms. The predicted molar refractivity (Wildman–Crippen MR) is 101 cm³/mol. The van der Waals surface area contributed by atoms with Gasteiger partial charge in [0.05, 0.1) is 23.0 Å². The summed E-state index contributed by atoms with van der Waals surface area (Å²) in [6.07, 6.45) is 1.66. The number of sulfonamides is 1. The number of nitrogen functional groups attached to an aromatic ring is 1. The van der Waals surface area contributed by atoms with Gasteiger partial charge in [-0.1, -0.05) is 12.1 Å². The minimum Gasteiger partial charge on any atom is -0.379 e. The summed E-state index contributed by atoms with van der Waals surface area (Å²) in [4.78, 5) is 18.1. The van der Waals surface area contributed by atoms with Crippen LogP contribution in [0.15, 0.2) is 35.5 Å². The van der Waals surface area contributed by atoms with Gasteiger partial charge in [0.1, 0.15) is 6.33 Å². The molecule has 0 aliphatic carbocycles. The number of nitrogens with two attached hydrogens (primary N) is 1. The van der Waals surface area contributed by atoms with Gasteiger partial charge in [-0.2, -0.15) is 4.31 Å². The van der Waals surface area contributed by atoms with Gasteiger partial charge in [0.15, 0.2) is 0 Å². The standard InChI is InChI=1S/C16H20N6O5S/c17-15-14(22(23)24)16(20-11-19-15)18-6-5-12-1-3-13(4-2-12)28(25,26)21-7-9-27-10-8-21/h1-4,11H,5-10H2,(H3,17,18,19,20). The van der Waals surface area contributed by atoms with Gasteiger partial charge in [-0.25, -0.2) is 18.4 Å². The highest BCUT2D eigenvalue weighted by Gasteiger charge is 2.26. The maximum Gasteiger partial charge on any atom is 0.352 e. The molecule has 1 aliphatic heterocycles. The maximum atomic E-state index is 12.6. The topological polar surface area (TPSA) is 154 Å². The molecule has 0 amide bonds. The Labute approximate surface area is 161 Å². The largest absolute Gasteiger partial charge is 0.379 e. The van der Waals surface area contributed by atoms with Gasteiger partial charge in [0.25, 0.3) is 0 Å². The van der Waals surface area contributed by atoms with E-state index in [4.69, 9.17) is 10.5 Å². The number of ether oxygens (including phenoxy) is 1. The molecule has 0 unspecified atom stereocenters. The Kier molecular flexibility index (Phi) is 6.02. The Morgan fingerprint density at radius 1 is 1.21 bits per heavy atom. The fourth-order valence-electron chi connectivity index (χ4n) is 2.79. The van der Waals surface area contributed by atoms with Gasteiger partial charge in [-0.3, -0.25) is 10.1 Å². The van der Waals surface area contributed by atoms with Crippen LogP contribution in [0.1, 0.15) is 5.56 Å². The van der Waals surface area contributed by atoms with Crippen LogP contribution in [0.2, 0.25) is 0 Å². The van der Waals surface area contributed by atoms with Gasteiger partial charge >= 0.3 is 5.69 Å². The van der Waals surface area contributed by atoms with E-state index in [2.05, 4.69) is 15.3 Å². The SMILES string of the molecule is Nc1ncnc(NCCc2ccc(S(=O)(=O)N3CCOCC3)cc2)c1[N+](=O)[O-]. The van der Waals surface area contributed by atoms with E-state index in [1.54, 1.807) is 24.3 Å². The third-order valence-corrected chi connectivity index (χ3v) is 6.18. The first-order chi connectivity index (χ1) is 13.4. The third-order valence-electron chi connectivity index (χ3n) is 4.27. The predicted octanol–water partition coefficient (Wildman–Crippen LogP) is 0.643. The van der Waals surface area contributed by atoms with Gasteiger partial charge < -0.3 is 15.8 Å². The van der Waals surface area contributed by atoms with Crippen LogP contribution in [0, 0.1) is 10.1 Å². The second-order valence-electron chi connectivity index (χ2n) is 6.05. The molecular weight excluding hydrogens is 388 g/mol. The van der Waals surface area contributed by atoms with E-state index in [1.807, 2.05) is 0 Å². The van der Waals surface area contributed by atoms with Crippen molar-refractivity contribution in [2.24, 2.45) is 0 Å². The molecule has 1 aliphatic rings. The molecule has 1 aromatic carbocycles. The molecule has 0 spiro atoms. The van der Waals surface area contributed by atoms with Crippen molar-refractivity contribution in [3.8, 4) is 0 Å². The molecule has 0 atom stereocenters. The van der Waals surface area contributed by atoms with Crippen LogP contribution in [0.3, 0.4) is 0 Å². The average Bonchev–Trinajstić information content (AvgIpc) is 2.69. The normalized spacial score (nSPS) is 15.3. The lowest BCUT2D eigenvalue weighted by Gasteiger charge is -2.26. The summed E-state index contributed by atoms with van der Waals surface area (Å²) in [5, 5.41) is 13.9. The van der Waals surface area contributed by atoms with Gasteiger partial charge in [0, 0.05) is 19.6 Å². The van der Waals surface area contributed by atoms with E-state index in [9.17, 15) is 18.5 Å². The Hall–Kier alpha value is -2.83. The van der Waals surface area contributed by atoms with Gasteiger partial charge in [-0.05, 0) is 24.1 Å². The Balaban J connectivity index is 1.63. The minimum absolute atomic E-state index is 0.0454. The van der Waals surface area contributed by atoms with Crippen molar-refractivity contribution in [2.75, 3.05) is 43.9 Å². The molecule has 2 aromatic rings. The highest BCUT2D eigenvalue weighted by molar-refractivity contribution is 7.89. The number of nitro groups is 1. The summed E-state index contributed by atoms with van der Waals surface area (Å²) in [6, 6.07) is 6.56. The lowest BCUT2D eigenvalue weighted by molar-refractivity contribution is -0.383. The molecule has 12 heteroatoms. The second kappa shape index (κ2) is 8.46. The third kappa shape index (κ3) is 4.35. The van der Waals surface area contributed by atoms with E-state index in [0.29, 0.717) is 39.3 Å². The number of aromatic nitrogens is 2. The summed E-state index contributed by atoms with van der Waals surface area (Å²) in [7, 11) is -3.53. The van der Waals surface area contributed by atoms with Crippen LogP contribution in [0.5, 0.6) is 0 Å². The number of nitrogens with zero attached hydrogens (tertiary/aromatic N) is 4. The van der Waals surface area contributed by atoms with E-state index >= 15 is 0 Å². The van der Waals surface area contributed by atoms with Crippen molar-refractivity contribution in [1.82, 2.24) is 14.3 Å². The molecule has 11 nitrogen and oxygen atoms in total. The number of benzene rings is 1.